The topological polar surface area (TPSA) is 46.5 Å². The van der Waals surface area contributed by atoms with Gasteiger partial charge in [0.05, 0.1) is 45.0 Å². The van der Waals surface area contributed by atoms with Gasteiger partial charge in [-0.25, -0.2) is 0 Å². The molecule has 5 aromatic carbocycles. The van der Waals surface area contributed by atoms with E-state index >= 15 is 0 Å². The maximum absolute atomic E-state index is 13.7. The average molecular weight is 593 g/mol. The summed E-state index contributed by atoms with van der Waals surface area (Å²) < 4.78 is 45.2. The van der Waals surface area contributed by atoms with Crippen LogP contribution in [0.5, 0.6) is 0 Å². The van der Waals surface area contributed by atoms with E-state index in [1.54, 1.807) is 18.5 Å². The fraction of sp³-hybridized carbons (Fsp3) is 0.0526. The number of nitrogens with zero attached hydrogens (tertiary/aromatic N) is 4. The molecule has 0 radical (unpaired) electrons. The van der Waals surface area contributed by atoms with E-state index in [1.807, 2.05) is 59.2 Å². The minimum atomic E-state index is -4.46. The molecule has 3 aromatic heterocycles. The Hall–Kier alpha value is -5.87. The van der Waals surface area contributed by atoms with Gasteiger partial charge in [-0.2, -0.15) is 18.4 Å². The molecular weight excluding hydrogens is 569 g/mol. The molecule has 0 aliphatic heterocycles. The van der Waals surface area contributed by atoms with Gasteiger partial charge >= 0.3 is 6.18 Å². The van der Waals surface area contributed by atoms with Crippen molar-refractivity contribution in [3.8, 4) is 28.6 Å². The molecule has 0 atom stereocenters. The summed E-state index contributed by atoms with van der Waals surface area (Å²) in [7, 11) is 0. The Morgan fingerprint density at radius 1 is 0.644 bits per heavy atom. The lowest BCUT2D eigenvalue weighted by Crippen LogP contribution is -2.04. The highest BCUT2D eigenvalue weighted by Crippen LogP contribution is 2.40. The molecule has 0 saturated carbocycles. The van der Waals surface area contributed by atoms with Crippen molar-refractivity contribution in [2.75, 3.05) is 0 Å². The highest BCUT2D eigenvalue weighted by molar-refractivity contribution is 6.11. The third-order valence-electron chi connectivity index (χ3n) is 8.54. The summed E-state index contributed by atoms with van der Waals surface area (Å²) in [4.78, 5) is 4.47. The van der Waals surface area contributed by atoms with Gasteiger partial charge in [0.1, 0.15) is 0 Å². The number of halogens is 3. The molecule has 8 rings (SSSR count). The highest BCUT2D eigenvalue weighted by atomic mass is 19.4. The number of pyridine rings is 1. The number of aryl methyl sites for hydroxylation is 1. The lowest BCUT2D eigenvalue weighted by molar-refractivity contribution is -0.137. The Bertz CT molecular complexity index is 2510. The molecule has 0 N–H and O–H groups in total. The van der Waals surface area contributed by atoms with E-state index in [4.69, 9.17) is 0 Å². The molecule has 45 heavy (non-hydrogen) atoms. The lowest BCUT2D eigenvalue weighted by atomic mass is 9.99. The lowest BCUT2D eigenvalue weighted by Gasteiger charge is -2.16. The molecule has 0 fully saturated rings. The van der Waals surface area contributed by atoms with Gasteiger partial charge < -0.3 is 9.13 Å². The van der Waals surface area contributed by atoms with Gasteiger partial charge in [-0.1, -0.05) is 48.0 Å². The second-order valence-corrected chi connectivity index (χ2v) is 11.2. The maximum Gasteiger partial charge on any atom is 0.416 e. The minimum absolute atomic E-state index is 0.463. The van der Waals surface area contributed by atoms with Gasteiger partial charge in [-0.3, -0.25) is 4.98 Å². The first-order valence-corrected chi connectivity index (χ1v) is 14.4. The Kier molecular flexibility index (Phi) is 5.84. The van der Waals surface area contributed by atoms with Crippen molar-refractivity contribution in [2.45, 2.75) is 13.1 Å². The first-order valence-electron chi connectivity index (χ1n) is 14.4. The van der Waals surface area contributed by atoms with Crippen molar-refractivity contribution in [3.05, 3.63) is 138 Å². The zero-order valence-corrected chi connectivity index (χ0v) is 24.0. The highest BCUT2D eigenvalue weighted by Gasteiger charge is 2.31. The number of alkyl halides is 3. The summed E-state index contributed by atoms with van der Waals surface area (Å²) >= 11 is 0. The molecular formula is C38H23F3N4. The standard InChI is InChI=1S/C38H23F3N4/c1-23-10-14-36-30(18-23)27-6-3-5-9-34(27)45(36)37-16-17-43-22-32(37)29-20-26(13-11-24(29)21-42)44-33-8-4-2-7-28(33)31-19-25(38(39,40)41)12-15-35(31)44/h2-20,22H,1H3. The predicted molar refractivity (Wildman–Crippen MR) is 173 cm³/mol. The number of hydrogen-bond donors (Lipinski definition) is 0. The van der Waals surface area contributed by atoms with Gasteiger partial charge in [-0.15, -0.1) is 0 Å². The van der Waals surface area contributed by atoms with Crippen LogP contribution in [0.3, 0.4) is 0 Å². The van der Waals surface area contributed by atoms with E-state index in [0.29, 0.717) is 27.4 Å². The van der Waals surface area contributed by atoms with Crippen LogP contribution in [0.1, 0.15) is 16.7 Å². The Labute approximate surface area is 255 Å². The second-order valence-electron chi connectivity index (χ2n) is 11.2. The molecule has 0 saturated heterocycles. The third kappa shape index (κ3) is 4.10. The van der Waals surface area contributed by atoms with Crippen LogP contribution in [-0.4, -0.2) is 14.1 Å². The van der Waals surface area contributed by atoms with E-state index in [9.17, 15) is 18.4 Å². The number of rotatable bonds is 3. The smallest absolute Gasteiger partial charge is 0.309 e. The van der Waals surface area contributed by atoms with Crippen molar-refractivity contribution in [2.24, 2.45) is 0 Å². The molecule has 3 heterocycles. The third-order valence-corrected chi connectivity index (χ3v) is 8.54. The summed E-state index contributed by atoms with van der Waals surface area (Å²) in [5, 5.41) is 13.7. The number of nitriles is 1. The minimum Gasteiger partial charge on any atom is -0.309 e. The molecule has 0 aliphatic carbocycles. The van der Waals surface area contributed by atoms with Gasteiger partial charge in [0.25, 0.3) is 0 Å². The number of para-hydroxylation sites is 2. The molecule has 4 nitrogen and oxygen atoms in total. The monoisotopic (exact) mass is 592 g/mol. The van der Waals surface area contributed by atoms with Crippen molar-refractivity contribution in [1.29, 1.82) is 5.26 Å². The van der Waals surface area contributed by atoms with Crippen LogP contribution >= 0.6 is 0 Å². The van der Waals surface area contributed by atoms with Gasteiger partial charge in [0.15, 0.2) is 0 Å². The number of hydrogen-bond acceptors (Lipinski definition) is 2. The largest absolute Gasteiger partial charge is 0.416 e. The van der Waals surface area contributed by atoms with Crippen LogP contribution < -0.4 is 0 Å². The van der Waals surface area contributed by atoms with E-state index in [0.717, 1.165) is 55.9 Å². The first-order chi connectivity index (χ1) is 21.8. The van der Waals surface area contributed by atoms with Crippen LogP contribution in [0, 0.1) is 18.3 Å². The quantitative estimate of drug-likeness (QED) is 0.205. The van der Waals surface area contributed by atoms with Gasteiger partial charge in [-0.05, 0) is 73.7 Å². The van der Waals surface area contributed by atoms with Crippen molar-refractivity contribution in [3.63, 3.8) is 0 Å². The van der Waals surface area contributed by atoms with E-state index in [-0.39, 0.29) is 0 Å². The summed E-state index contributed by atoms with van der Waals surface area (Å²) in [5.74, 6) is 0. The van der Waals surface area contributed by atoms with Crippen LogP contribution in [0.25, 0.3) is 66.1 Å². The molecule has 7 heteroatoms. The second kappa shape index (κ2) is 9.83. The maximum atomic E-state index is 13.7. The SMILES string of the molecule is Cc1ccc2c(c1)c1ccccc1n2-c1ccncc1-c1cc(-n2c3ccccc3c3cc(C(F)(F)F)ccc32)ccc1C#N. The summed E-state index contributed by atoms with van der Waals surface area (Å²) in [6.45, 7) is 2.08. The van der Waals surface area contributed by atoms with E-state index in [2.05, 4.69) is 52.9 Å². The zero-order valence-electron chi connectivity index (χ0n) is 24.0. The van der Waals surface area contributed by atoms with Crippen molar-refractivity contribution < 1.29 is 13.2 Å². The molecule has 0 bridgehead atoms. The summed E-state index contributed by atoms with van der Waals surface area (Å²) in [6.07, 6.45) is -0.943. The van der Waals surface area contributed by atoms with Crippen LogP contribution in [0.2, 0.25) is 0 Å². The molecule has 0 spiro atoms. The molecule has 0 aliphatic rings. The van der Waals surface area contributed by atoms with Crippen molar-refractivity contribution in [1.82, 2.24) is 14.1 Å². The summed E-state index contributed by atoms with van der Waals surface area (Å²) in [6, 6.07) is 35.7. The van der Waals surface area contributed by atoms with E-state index < -0.39 is 11.7 Å². The van der Waals surface area contributed by atoms with E-state index in [1.165, 1.54) is 12.1 Å². The first kappa shape index (κ1) is 26.7. The van der Waals surface area contributed by atoms with Gasteiger partial charge in [0.2, 0.25) is 0 Å². The Morgan fingerprint density at radius 3 is 2.02 bits per heavy atom. The average Bonchev–Trinajstić information content (AvgIpc) is 3.56. The molecule has 8 aromatic rings. The summed E-state index contributed by atoms with van der Waals surface area (Å²) in [5.41, 5.74) is 7.44. The Morgan fingerprint density at radius 2 is 1.29 bits per heavy atom. The number of aromatic nitrogens is 3. The normalized spacial score (nSPS) is 12.0. The molecule has 0 amide bonds. The molecule has 216 valence electrons. The fourth-order valence-corrected chi connectivity index (χ4v) is 6.55. The van der Waals surface area contributed by atoms with Crippen LogP contribution in [0.15, 0.2) is 122 Å². The fourth-order valence-electron chi connectivity index (χ4n) is 6.55. The number of benzene rings is 5. The van der Waals surface area contributed by atoms with Crippen LogP contribution in [-0.2, 0) is 6.18 Å². The van der Waals surface area contributed by atoms with Crippen LogP contribution in [0.4, 0.5) is 13.2 Å². The zero-order chi connectivity index (χ0) is 30.9. The predicted octanol–water partition coefficient (Wildman–Crippen LogP) is 10.1. The molecule has 0 unspecified atom stereocenters. The Balaban J connectivity index is 1.40. The number of fused-ring (bicyclic) bond motifs is 6. The van der Waals surface area contributed by atoms with Gasteiger partial charge in [0, 0.05) is 50.8 Å². The van der Waals surface area contributed by atoms with Crippen molar-refractivity contribution >= 4 is 43.6 Å².